The van der Waals surface area contributed by atoms with Crippen molar-refractivity contribution in [2.24, 2.45) is 0 Å². The van der Waals surface area contributed by atoms with Gasteiger partial charge in [0.1, 0.15) is 22.2 Å². The maximum absolute atomic E-state index is 9.10. The first kappa shape index (κ1) is 11.3. The Labute approximate surface area is 325 Å². The van der Waals surface area contributed by atoms with Crippen LogP contribution in [0.15, 0.2) is 193 Å². The van der Waals surface area contributed by atoms with Crippen LogP contribution in [0.25, 0.3) is 0 Å². The van der Waals surface area contributed by atoms with E-state index in [0.29, 0.717) is 0 Å². The summed E-state index contributed by atoms with van der Waals surface area (Å²) in [6.07, 6.45) is 0. The average Bonchev–Trinajstić information content (AvgIpc) is 3.57. The van der Waals surface area contributed by atoms with Crippen LogP contribution in [0.4, 0.5) is 0 Å². The molecule has 2 heteroatoms. The molecule has 1 heterocycles. The Morgan fingerprint density at radius 1 is 0.333 bits per heavy atom. The molecular weight excluding hydrogens is 581 g/mol. The first-order chi connectivity index (χ1) is 36.2. The predicted molar refractivity (Wildman–Crippen MR) is 194 cm³/mol. The van der Waals surface area contributed by atoms with Crippen molar-refractivity contribution in [3.8, 4) is 23.7 Å². The summed E-state index contributed by atoms with van der Waals surface area (Å²) in [6.45, 7) is 0. The zero-order valence-electron chi connectivity index (χ0n) is 54.0. The van der Waals surface area contributed by atoms with Gasteiger partial charge < -0.3 is 0 Å². The van der Waals surface area contributed by atoms with Gasteiger partial charge in [0, 0.05) is 0 Å². The van der Waals surface area contributed by atoms with E-state index in [1.807, 2.05) is 0 Å². The van der Waals surface area contributed by atoms with Crippen LogP contribution in [-0.2, 0) is 10.8 Å². The van der Waals surface area contributed by atoms with E-state index < -0.39 is 237 Å². The fourth-order valence-corrected chi connectivity index (χ4v) is 4.53. The highest BCUT2D eigenvalue weighted by Crippen LogP contribution is 2.40. The molecule has 0 N–H and O–H groups in total. The van der Waals surface area contributed by atoms with Crippen molar-refractivity contribution in [3.05, 3.63) is 238 Å². The van der Waals surface area contributed by atoms with Gasteiger partial charge in [0.05, 0.1) is 41.1 Å². The second-order valence-electron chi connectivity index (χ2n) is 9.30. The summed E-state index contributed by atoms with van der Waals surface area (Å²) in [5.74, 6) is 9.98. The second-order valence-corrected chi connectivity index (χ2v) is 9.30. The number of aromatic nitrogens is 2. The van der Waals surface area contributed by atoms with E-state index in [0.717, 1.165) is 12.1 Å². The molecule has 226 valence electrons. The van der Waals surface area contributed by atoms with Crippen LogP contribution in [0.2, 0.25) is 0 Å². The molecule has 0 aliphatic carbocycles. The van der Waals surface area contributed by atoms with E-state index >= 15 is 0 Å². The van der Waals surface area contributed by atoms with E-state index in [4.69, 9.17) is 41.1 Å². The minimum Gasteiger partial charge on any atom is -0.141 e. The van der Waals surface area contributed by atoms with Crippen LogP contribution in [0.3, 0.4) is 0 Å². The van der Waals surface area contributed by atoms with Gasteiger partial charge in [-0.2, -0.15) is 0 Å². The van der Waals surface area contributed by atoms with E-state index in [1.165, 1.54) is 0 Å². The maximum atomic E-state index is 9.10. The molecule has 2 nitrogen and oxygen atoms in total. The van der Waals surface area contributed by atoms with Crippen molar-refractivity contribution in [1.82, 2.24) is 10.2 Å². The Bertz CT molecular complexity index is 3180. The van der Waals surface area contributed by atoms with Crippen LogP contribution < -0.4 is 0 Å². The van der Waals surface area contributed by atoms with Crippen LogP contribution in [0, 0.1) is 23.7 Å². The minimum absolute atomic E-state index is 0.537. The molecular formula is C46H32N2. The third kappa shape index (κ3) is 5.92. The average molecular weight is 643 g/mol. The molecule has 7 aromatic rings. The van der Waals surface area contributed by atoms with Crippen molar-refractivity contribution < 1.29 is 41.1 Å². The molecule has 0 spiro atoms. The molecule has 0 aliphatic rings. The van der Waals surface area contributed by atoms with Crippen molar-refractivity contribution in [2.45, 2.75) is 10.8 Å². The molecule has 0 unspecified atom stereocenters. The first-order valence-corrected chi connectivity index (χ1v) is 13.6. The largest absolute Gasteiger partial charge is 0.141 e. The Morgan fingerprint density at radius 2 is 0.542 bits per heavy atom. The highest BCUT2D eigenvalue weighted by atomic mass is 15.1. The lowest BCUT2D eigenvalue weighted by Gasteiger charge is -2.31. The maximum Gasteiger partial charge on any atom is 0.136 e. The highest BCUT2D eigenvalue weighted by Gasteiger charge is 2.35. The van der Waals surface area contributed by atoms with Crippen molar-refractivity contribution in [2.75, 3.05) is 0 Å². The van der Waals surface area contributed by atoms with Crippen molar-refractivity contribution in [3.63, 3.8) is 0 Å². The summed E-state index contributed by atoms with van der Waals surface area (Å²) in [6, 6.07) is -30.7. The summed E-state index contributed by atoms with van der Waals surface area (Å²) in [5.41, 5.74) is -13.7. The number of nitrogens with zero attached hydrogens (tertiary/aromatic N) is 2. The standard InChI is InChI=1S/C46H32N2/c1-7-19-37(20-8-1)45(38-21-9-2-10-22-38,39-23-11-3-12-24-39)35-33-43-31-32-44(48-47-43)34-36-46(40-25-13-4-14-26-40,41-27-15-5-16-28-41)42-29-17-6-18-30-42/h1-32H/i1D,2D,3D,4D,5D,6D,7D,8D,9D,10D,11D,12D,13D,14D,15D,16D,17D,18D,19D,20D,21D,22D,23D,24D,25D,26D,27D,28D,29D,30D. The number of benzene rings is 6. The third-order valence-electron chi connectivity index (χ3n) is 6.67. The zero-order chi connectivity index (χ0) is 58.6. The molecule has 0 atom stereocenters. The highest BCUT2D eigenvalue weighted by molar-refractivity contribution is 5.61. The summed E-state index contributed by atoms with van der Waals surface area (Å²) >= 11 is 0. The lowest BCUT2D eigenvalue weighted by atomic mass is 9.70. The monoisotopic (exact) mass is 642 g/mol. The topological polar surface area (TPSA) is 25.8 Å². The quantitative estimate of drug-likeness (QED) is 0.134. The molecule has 0 saturated heterocycles. The smallest absolute Gasteiger partial charge is 0.136 e. The van der Waals surface area contributed by atoms with Gasteiger partial charge in [-0.3, -0.25) is 0 Å². The summed E-state index contributed by atoms with van der Waals surface area (Å²) in [5, 5.41) is 7.99. The third-order valence-corrected chi connectivity index (χ3v) is 6.67. The van der Waals surface area contributed by atoms with Gasteiger partial charge in [-0.1, -0.05) is 193 Å². The van der Waals surface area contributed by atoms with E-state index in [9.17, 15) is 0 Å². The fraction of sp³-hybridized carbons (Fsp3) is 0.0435. The molecule has 7 rings (SSSR count). The van der Waals surface area contributed by atoms with Gasteiger partial charge >= 0.3 is 0 Å². The Balaban J connectivity index is 1.66. The molecule has 0 fully saturated rings. The number of hydrogen-bond acceptors (Lipinski definition) is 2. The molecule has 0 radical (unpaired) electrons. The number of hydrogen-bond donors (Lipinski definition) is 0. The van der Waals surface area contributed by atoms with Crippen LogP contribution in [0.5, 0.6) is 0 Å². The van der Waals surface area contributed by atoms with Gasteiger partial charge in [-0.25, -0.2) is 0 Å². The van der Waals surface area contributed by atoms with Gasteiger partial charge in [0.15, 0.2) is 0 Å². The minimum atomic E-state index is -3.20. The Kier molecular flexibility index (Phi) is 3.28. The van der Waals surface area contributed by atoms with Gasteiger partial charge in [0.25, 0.3) is 0 Å². The molecule has 6 aromatic carbocycles. The summed E-state index contributed by atoms with van der Waals surface area (Å²) < 4.78 is 262. The molecule has 0 aliphatic heterocycles. The SMILES string of the molecule is [2H]c1c([2H])c([2H])c(C(C#Cc2ccc(C#CC(c3c([2H])c([2H])c([2H])c([2H])c3[2H])(c3c([2H])c([2H])c([2H])c([2H])c3[2H])c3c([2H])c([2H])c([2H])c([2H])c3[2H])nn2)(c2c([2H])c([2H])c([2H])c([2H])c2[2H])c2c([2H])c([2H])c([2H])c([2H])c2[2H])c([2H])c1[2H]. The summed E-state index contributed by atoms with van der Waals surface area (Å²) in [4.78, 5) is 0. The molecule has 48 heavy (non-hydrogen) atoms. The normalized spacial score (nSPS) is 19.8. The zero-order valence-corrected chi connectivity index (χ0v) is 24.0. The molecule has 0 saturated carbocycles. The number of rotatable bonds is 6. The molecule has 0 amide bonds. The lowest BCUT2D eigenvalue weighted by molar-refractivity contribution is 0.808. The van der Waals surface area contributed by atoms with Gasteiger partial charge in [-0.15, -0.1) is 10.2 Å². The van der Waals surface area contributed by atoms with E-state index in [-0.39, 0.29) is 0 Å². The van der Waals surface area contributed by atoms with Gasteiger partial charge in [0.2, 0.25) is 0 Å². The van der Waals surface area contributed by atoms with Crippen LogP contribution in [0.1, 0.15) is 85.9 Å². The summed E-state index contributed by atoms with van der Waals surface area (Å²) in [7, 11) is 0. The predicted octanol–water partition coefficient (Wildman–Crippen LogP) is 9.25. The van der Waals surface area contributed by atoms with E-state index in [2.05, 4.69) is 33.9 Å². The van der Waals surface area contributed by atoms with Crippen LogP contribution >= 0.6 is 0 Å². The molecule has 0 bridgehead atoms. The Hall–Kier alpha value is -6.48. The van der Waals surface area contributed by atoms with Crippen molar-refractivity contribution >= 4 is 0 Å². The second kappa shape index (κ2) is 13.9. The fourth-order valence-electron chi connectivity index (χ4n) is 4.53. The molecule has 1 aromatic heterocycles. The lowest BCUT2D eigenvalue weighted by Crippen LogP contribution is -2.27. The van der Waals surface area contributed by atoms with Gasteiger partial charge in [-0.05, 0) is 57.4 Å². The van der Waals surface area contributed by atoms with E-state index in [1.54, 1.807) is 0 Å². The van der Waals surface area contributed by atoms with Crippen LogP contribution in [-0.4, -0.2) is 10.2 Å². The van der Waals surface area contributed by atoms with Crippen molar-refractivity contribution in [1.29, 1.82) is 0 Å². The Morgan fingerprint density at radius 3 is 0.729 bits per heavy atom. The first-order valence-electron chi connectivity index (χ1n) is 28.6.